The van der Waals surface area contributed by atoms with E-state index >= 15 is 0 Å². The summed E-state index contributed by atoms with van der Waals surface area (Å²) in [7, 11) is 2.97. The number of rotatable bonds is 8. The number of aliphatic carboxylic acids is 1. The summed E-state index contributed by atoms with van der Waals surface area (Å²) >= 11 is 0. The fourth-order valence-corrected chi connectivity index (χ4v) is 2.02. The van der Waals surface area contributed by atoms with Gasteiger partial charge in [-0.2, -0.15) is 0 Å². The van der Waals surface area contributed by atoms with Crippen molar-refractivity contribution in [1.82, 2.24) is 5.32 Å². The Hall–Kier alpha value is -2.97. The Bertz CT molecular complexity index is 636. The van der Waals surface area contributed by atoms with Gasteiger partial charge in [0.1, 0.15) is 23.1 Å². The highest BCUT2D eigenvalue weighted by Crippen LogP contribution is 2.32. The van der Waals surface area contributed by atoms with Crippen LogP contribution in [0.15, 0.2) is 18.2 Å². The first-order valence-electron chi connectivity index (χ1n) is 7.33. The van der Waals surface area contributed by atoms with Gasteiger partial charge in [0.15, 0.2) is 0 Å². The van der Waals surface area contributed by atoms with Crippen molar-refractivity contribution in [2.24, 2.45) is 5.73 Å². The van der Waals surface area contributed by atoms with Crippen LogP contribution < -0.4 is 20.5 Å². The minimum Gasteiger partial charge on any atom is -0.497 e. The molecule has 2 amide bonds. The molecular formula is C16H22N2O7. The Balaban J connectivity index is 2.94. The molecule has 0 bridgehead atoms. The van der Waals surface area contributed by atoms with Gasteiger partial charge in [-0.25, -0.2) is 9.59 Å². The van der Waals surface area contributed by atoms with E-state index in [1.165, 1.54) is 14.2 Å². The summed E-state index contributed by atoms with van der Waals surface area (Å²) in [5.41, 5.74) is 4.41. The number of primary amides is 1. The summed E-state index contributed by atoms with van der Waals surface area (Å²) in [6.45, 7) is 3.23. The monoisotopic (exact) mass is 354 g/mol. The fourth-order valence-electron chi connectivity index (χ4n) is 2.02. The van der Waals surface area contributed by atoms with Gasteiger partial charge in [-0.05, 0) is 26.0 Å². The second kappa shape index (κ2) is 8.22. The van der Waals surface area contributed by atoms with Crippen LogP contribution in [0.1, 0.15) is 25.8 Å². The van der Waals surface area contributed by atoms with Crippen molar-refractivity contribution in [2.75, 3.05) is 14.2 Å². The van der Waals surface area contributed by atoms with Crippen LogP contribution in [0.3, 0.4) is 0 Å². The van der Waals surface area contributed by atoms with Crippen molar-refractivity contribution >= 4 is 18.0 Å². The molecule has 138 valence electrons. The van der Waals surface area contributed by atoms with Gasteiger partial charge in [0.2, 0.25) is 5.91 Å². The van der Waals surface area contributed by atoms with Gasteiger partial charge in [0, 0.05) is 11.6 Å². The zero-order chi connectivity index (χ0) is 19.2. The van der Waals surface area contributed by atoms with Gasteiger partial charge >= 0.3 is 12.1 Å². The molecule has 1 aromatic carbocycles. The third kappa shape index (κ3) is 5.87. The summed E-state index contributed by atoms with van der Waals surface area (Å²) in [6, 6.07) is 3.51. The summed E-state index contributed by atoms with van der Waals surface area (Å²) in [5, 5.41) is 11.1. The second-order valence-electron chi connectivity index (χ2n) is 5.71. The molecule has 1 unspecified atom stereocenters. The maximum Gasteiger partial charge on any atom is 0.408 e. The van der Waals surface area contributed by atoms with E-state index in [1.807, 2.05) is 0 Å². The van der Waals surface area contributed by atoms with E-state index in [0.717, 1.165) is 0 Å². The van der Waals surface area contributed by atoms with E-state index in [9.17, 15) is 14.4 Å². The Morgan fingerprint density at radius 3 is 2.08 bits per heavy atom. The van der Waals surface area contributed by atoms with Crippen molar-refractivity contribution in [1.29, 1.82) is 0 Å². The normalized spacial score (nSPS) is 12.0. The van der Waals surface area contributed by atoms with E-state index in [2.05, 4.69) is 5.32 Å². The van der Waals surface area contributed by atoms with E-state index < -0.39 is 36.0 Å². The second-order valence-corrected chi connectivity index (χ2v) is 5.71. The maximum atomic E-state index is 12.0. The highest BCUT2D eigenvalue weighted by Gasteiger charge is 2.30. The molecule has 0 saturated carbocycles. The molecule has 0 aliphatic rings. The number of nitrogens with one attached hydrogen (secondary N) is 1. The molecule has 9 heteroatoms. The lowest BCUT2D eigenvalue weighted by atomic mass is 9.97. The highest BCUT2D eigenvalue weighted by molar-refractivity contribution is 5.86. The van der Waals surface area contributed by atoms with Crippen LogP contribution >= 0.6 is 0 Å². The number of benzene rings is 1. The summed E-state index contributed by atoms with van der Waals surface area (Å²) in [6.07, 6.45) is -1.54. The van der Waals surface area contributed by atoms with Crippen LogP contribution in [0.25, 0.3) is 0 Å². The number of alkyl carbamates (subject to hydrolysis) is 1. The number of carbonyl (C=O) groups excluding carboxylic acids is 2. The van der Waals surface area contributed by atoms with Gasteiger partial charge in [-0.3, -0.25) is 4.79 Å². The number of methoxy groups -OCH3 is 2. The topological polar surface area (TPSA) is 137 Å². The number of hydrogen-bond donors (Lipinski definition) is 3. The van der Waals surface area contributed by atoms with Gasteiger partial charge < -0.3 is 30.4 Å². The van der Waals surface area contributed by atoms with Crippen LogP contribution in [-0.4, -0.2) is 43.3 Å². The molecule has 0 aliphatic heterocycles. The zero-order valence-electron chi connectivity index (χ0n) is 14.5. The molecule has 4 N–H and O–H groups in total. The van der Waals surface area contributed by atoms with Gasteiger partial charge in [0.25, 0.3) is 0 Å². The molecule has 9 nitrogen and oxygen atoms in total. The lowest BCUT2D eigenvalue weighted by Crippen LogP contribution is -2.45. The molecule has 0 radical (unpaired) electrons. The number of carboxylic acids is 1. The third-order valence-electron chi connectivity index (χ3n) is 3.39. The molecule has 0 aromatic heterocycles. The average Bonchev–Trinajstić information content (AvgIpc) is 2.52. The number of carbonyl (C=O) groups is 3. The predicted octanol–water partition coefficient (Wildman–Crippen LogP) is 0.994. The molecule has 0 saturated heterocycles. The minimum atomic E-state index is -1.47. The molecule has 0 heterocycles. The number of nitrogens with two attached hydrogens (primary N) is 1. The molecule has 1 aromatic rings. The largest absolute Gasteiger partial charge is 0.497 e. The van der Waals surface area contributed by atoms with Crippen LogP contribution in [0.4, 0.5) is 4.79 Å². The summed E-state index contributed by atoms with van der Waals surface area (Å²) in [4.78, 5) is 34.0. The minimum absolute atomic E-state index is 0.503. The van der Waals surface area contributed by atoms with E-state index in [0.29, 0.717) is 17.1 Å². The Labute approximate surface area is 145 Å². The molecule has 1 rings (SSSR count). The summed E-state index contributed by atoms with van der Waals surface area (Å²) in [5.74, 6) is -1.24. The number of ether oxygens (including phenoxy) is 3. The zero-order valence-corrected chi connectivity index (χ0v) is 14.5. The lowest BCUT2D eigenvalue weighted by Gasteiger charge is -2.27. The Kier molecular flexibility index (Phi) is 6.60. The SMILES string of the molecule is COc1cc(OC)cc(C(C)(C)OC(=O)NC(CC(N)=O)C(=O)O)c1. The lowest BCUT2D eigenvalue weighted by molar-refractivity contribution is -0.141. The number of carboxylic acid groups (broad SMARTS) is 1. The van der Waals surface area contributed by atoms with Gasteiger partial charge in [-0.15, -0.1) is 0 Å². The van der Waals surface area contributed by atoms with Crippen molar-refractivity contribution in [3.05, 3.63) is 23.8 Å². The quantitative estimate of drug-likeness (QED) is 0.633. The van der Waals surface area contributed by atoms with Crippen LogP contribution in [0, 0.1) is 0 Å². The van der Waals surface area contributed by atoms with Gasteiger partial charge in [-0.1, -0.05) is 0 Å². The van der Waals surface area contributed by atoms with Crippen LogP contribution in [0.5, 0.6) is 11.5 Å². The molecule has 0 spiro atoms. The van der Waals surface area contributed by atoms with Crippen molar-refractivity contribution < 1.29 is 33.7 Å². The first-order valence-corrected chi connectivity index (χ1v) is 7.33. The van der Waals surface area contributed by atoms with Crippen molar-refractivity contribution in [3.8, 4) is 11.5 Å². The van der Waals surface area contributed by atoms with Crippen LogP contribution in [0.2, 0.25) is 0 Å². The molecule has 0 aliphatic carbocycles. The number of hydrogen-bond acceptors (Lipinski definition) is 6. The smallest absolute Gasteiger partial charge is 0.408 e. The van der Waals surface area contributed by atoms with Crippen molar-refractivity contribution in [3.63, 3.8) is 0 Å². The maximum absolute atomic E-state index is 12.0. The molecule has 25 heavy (non-hydrogen) atoms. The first kappa shape index (κ1) is 20.1. The highest BCUT2D eigenvalue weighted by atomic mass is 16.6. The average molecular weight is 354 g/mol. The van der Waals surface area contributed by atoms with Gasteiger partial charge in [0.05, 0.1) is 20.6 Å². The van der Waals surface area contributed by atoms with Crippen molar-refractivity contribution in [2.45, 2.75) is 31.9 Å². The van der Waals surface area contributed by atoms with Crippen LogP contribution in [-0.2, 0) is 19.9 Å². The molecule has 1 atom stereocenters. The summed E-state index contributed by atoms with van der Waals surface area (Å²) < 4.78 is 15.7. The molecule has 0 fully saturated rings. The van der Waals surface area contributed by atoms with E-state index in [-0.39, 0.29) is 0 Å². The van der Waals surface area contributed by atoms with E-state index in [4.69, 9.17) is 25.1 Å². The predicted molar refractivity (Wildman–Crippen MR) is 87.4 cm³/mol. The Morgan fingerprint density at radius 1 is 1.16 bits per heavy atom. The molecular weight excluding hydrogens is 332 g/mol. The number of amides is 2. The first-order chi connectivity index (χ1) is 11.6. The standard InChI is InChI=1S/C16H22N2O7/c1-16(2,9-5-10(23-3)7-11(6-9)24-4)25-15(22)18-12(14(20)21)8-13(17)19/h5-7,12H,8H2,1-4H3,(H2,17,19)(H,18,22)(H,20,21). The Morgan fingerprint density at radius 2 is 1.68 bits per heavy atom. The fraction of sp³-hybridized carbons (Fsp3) is 0.438. The third-order valence-corrected chi connectivity index (χ3v) is 3.39. The van der Waals surface area contributed by atoms with E-state index in [1.54, 1.807) is 32.0 Å².